The van der Waals surface area contributed by atoms with Crippen molar-refractivity contribution in [2.75, 3.05) is 32.7 Å². The second kappa shape index (κ2) is 8.74. The molecule has 0 unspecified atom stereocenters. The second-order valence-electron chi connectivity index (χ2n) is 7.35. The van der Waals surface area contributed by atoms with Crippen LogP contribution in [0.5, 0.6) is 0 Å². The van der Waals surface area contributed by atoms with Gasteiger partial charge in [0.15, 0.2) is 0 Å². The lowest BCUT2D eigenvalue weighted by Crippen LogP contribution is -2.49. The van der Waals surface area contributed by atoms with Crippen molar-refractivity contribution < 1.29 is 4.79 Å². The maximum absolute atomic E-state index is 13.1. The van der Waals surface area contributed by atoms with Gasteiger partial charge in [-0.2, -0.15) is 0 Å². The number of hydrogen-bond acceptors (Lipinski definition) is 3. The van der Waals surface area contributed by atoms with E-state index in [1.54, 1.807) is 6.07 Å². The lowest BCUT2D eigenvalue weighted by atomic mass is 10.1. The van der Waals surface area contributed by atoms with Crippen molar-refractivity contribution in [3.8, 4) is 0 Å². The molecule has 1 saturated heterocycles. The largest absolute Gasteiger partial charge is 0.339 e. The van der Waals surface area contributed by atoms with Crippen molar-refractivity contribution in [1.82, 2.24) is 19.4 Å². The number of aromatic nitrogens is 2. The van der Waals surface area contributed by atoms with E-state index >= 15 is 0 Å². The molecule has 0 N–H and O–H groups in total. The SMILES string of the molecule is CCN1CCN(C(=O)Cn2c(Cc3ccccc3)nc3cc(Cl)c(Cl)cc32)CC1. The van der Waals surface area contributed by atoms with E-state index in [2.05, 4.69) is 24.0 Å². The number of likely N-dealkylation sites (N-methyl/N-ethyl adjacent to an activating group) is 1. The van der Waals surface area contributed by atoms with Crippen LogP contribution in [0.1, 0.15) is 18.3 Å². The van der Waals surface area contributed by atoms with Gasteiger partial charge in [0.1, 0.15) is 12.4 Å². The molecule has 0 bridgehead atoms. The van der Waals surface area contributed by atoms with Gasteiger partial charge in [-0.05, 0) is 24.2 Å². The molecule has 29 heavy (non-hydrogen) atoms. The average Bonchev–Trinajstić information content (AvgIpc) is 3.05. The summed E-state index contributed by atoms with van der Waals surface area (Å²) in [7, 11) is 0. The van der Waals surface area contributed by atoms with Crippen LogP contribution in [0.3, 0.4) is 0 Å². The van der Waals surface area contributed by atoms with Gasteiger partial charge in [0, 0.05) is 32.6 Å². The maximum atomic E-state index is 13.1. The zero-order valence-corrected chi connectivity index (χ0v) is 18.0. The monoisotopic (exact) mass is 430 g/mol. The standard InChI is InChI=1S/C22H24Cl2N4O/c1-2-26-8-10-27(11-9-26)22(29)15-28-20-14-18(24)17(23)13-19(20)25-21(28)12-16-6-4-3-5-7-16/h3-7,13-14H,2,8-12,15H2,1H3. The molecule has 5 nitrogen and oxygen atoms in total. The average molecular weight is 431 g/mol. The minimum absolute atomic E-state index is 0.112. The number of fused-ring (bicyclic) bond motifs is 1. The number of piperazine rings is 1. The predicted molar refractivity (Wildman–Crippen MR) is 118 cm³/mol. The van der Waals surface area contributed by atoms with Gasteiger partial charge in [-0.1, -0.05) is 60.5 Å². The van der Waals surface area contributed by atoms with E-state index in [1.807, 2.05) is 33.7 Å². The Kier molecular flexibility index (Phi) is 6.09. The fourth-order valence-electron chi connectivity index (χ4n) is 3.81. The first-order valence-electron chi connectivity index (χ1n) is 9.93. The number of benzene rings is 2. The Balaban J connectivity index is 1.64. The van der Waals surface area contributed by atoms with Gasteiger partial charge in [0.2, 0.25) is 5.91 Å². The minimum atomic E-state index is 0.112. The summed E-state index contributed by atoms with van der Waals surface area (Å²) >= 11 is 12.5. The molecule has 2 heterocycles. The first kappa shape index (κ1) is 20.2. The van der Waals surface area contributed by atoms with Gasteiger partial charge >= 0.3 is 0 Å². The third-order valence-corrected chi connectivity index (χ3v) is 6.26. The van der Waals surface area contributed by atoms with Gasteiger partial charge in [0.25, 0.3) is 0 Å². The van der Waals surface area contributed by atoms with Gasteiger partial charge in [-0.15, -0.1) is 0 Å². The molecule has 1 aromatic heterocycles. The van der Waals surface area contributed by atoms with Crippen molar-refractivity contribution in [1.29, 1.82) is 0 Å². The molecular formula is C22H24Cl2N4O. The molecule has 0 aliphatic carbocycles. The zero-order chi connectivity index (χ0) is 20.4. The van der Waals surface area contributed by atoms with Gasteiger partial charge in [0.05, 0.1) is 21.1 Å². The number of imidazole rings is 1. The summed E-state index contributed by atoms with van der Waals surface area (Å²) in [5.41, 5.74) is 2.74. The van der Waals surface area contributed by atoms with E-state index in [4.69, 9.17) is 28.2 Å². The van der Waals surface area contributed by atoms with Crippen molar-refractivity contribution in [3.63, 3.8) is 0 Å². The predicted octanol–water partition coefficient (Wildman–Crippen LogP) is 4.10. The number of carbonyl (C=O) groups excluding carboxylic acids is 1. The second-order valence-corrected chi connectivity index (χ2v) is 8.16. The number of amides is 1. The van der Waals surface area contributed by atoms with Crippen LogP contribution in [0.4, 0.5) is 0 Å². The molecule has 1 aliphatic rings. The maximum Gasteiger partial charge on any atom is 0.242 e. The first-order valence-corrected chi connectivity index (χ1v) is 10.7. The molecule has 0 saturated carbocycles. The fraction of sp³-hybridized carbons (Fsp3) is 0.364. The Hall–Kier alpha value is -2.08. The molecule has 2 aromatic carbocycles. The van der Waals surface area contributed by atoms with Gasteiger partial charge < -0.3 is 14.4 Å². The van der Waals surface area contributed by atoms with Gasteiger partial charge in [-0.3, -0.25) is 4.79 Å². The summed E-state index contributed by atoms with van der Waals surface area (Å²) in [6.07, 6.45) is 0.641. The molecule has 7 heteroatoms. The van der Waals surface area contributed by atoms with Crippen LogP contribution in [0.15, 0.2) is 42.5 Å². The number of rotatable bonds is 5. The van der Waals surface area contributed by atoms with E-state index in [0.29, 0.717) is 16.5 Å². The lowest BCUT2D eigenvalue weighted by molar-refractivity contribution is -0.133. The van der Waals surface area contributed by atoms with Crippen LogP contribution in [0.2, 0.25) is 10.0 Å². The molecule has 4 rings (SSSR count). The van der Waals surface area contributed by atoms with Crippen molar-refractivity contribution in [2.24, 2.45) is 0 Å². The quantitative estimate of drug-likeness (QED) is 0.611. The molecule has 1 amide bonds. The summed E-state index contributed by atoms with van der Waals surface area (Å²) < 4.78 is 1.99. The summed E-state index contributed by atoms with van der Waals surface area (Å²) in [6.45, 7) is 6.80. The molecular weight excluding hydrogens is 407 g/mol. The highest BCUT2D eigenvalue weighted by Crippen LogP contribution is 2.29. The van der Waals surface area contributed by atoms with E-state index in [1.165, 1.54) is 0 Å². The molecule has 0 atom stereocenters. The Morgan fingerprint density at radius 2 is 1.72 bits per heavy atom. The number of carbonyl (C=O) groups is 1. The molecule has 152 valence electrons. The molecule has 0 spiro atoms. The summed E-state index contributed by atoms with van der Waals surface area (Å²) in [5, 5.41) is 0.938. The van der Waals surface area contributed by atoms with Gasteiger partial charge in [-0.25, -0.2) is 4.98 Å². The minimum Gasteiger partial charge on any atom is -0.339 e. The van der Waals surface area contributed by atoms with Crippen LogP contribution in [-0.2, 0) is 17.8 Å². The highest BCUT2D eigenvalue weighted by atomic mass is 35.5. The van der Waals surface area contributed by atoms with E-state index < -0.39 is 0 Å². The van der Waals surface area contributed by atoms with Crippen molar-refractivity contribution in [2.45, 2.75) is 19.9 Å². The highest BCUT2D eigenvalue weighted by Gasteiger charge is 2.22. The fourth-order valence-corrected chi connectivity index (χ4v) is 4.12. The highest BCUT2D eigenvalue weighted by molar-refractivity contribution is 6.42. The van der Waals surface area contributed by atoms with Crippen LogP contribution in [-0.4, -0.2) is 58.0 Å². The van der Waals surface area contributed by atoms with E-state index in [9.17, 15) is 4.79 Å². The molecule has 1 fully saturated rings. The molecule has 3 aromatic rings. The number of nitrogens with zero attached hydrogens (tertiary/aromatic N) is 4. The van der Waals surface area contributed by atoms with E-state index in [-0.39, 0.29) is 12.5 Å². The molecule has 1 aliphatic heterocycles. The van der Waals surface area contributed by atoms with Crippen molar-refractivity contribution in [3.05, 3.63) is 63.9 Å². The third-order valence-electron chi connectivity index (χ3n) is 5.54. The normalized spacial score (nSPS) is 15.2. The Morgan fingerprint density at radius 3 is 2.41 bits per heavy atom. The van der Waals surface area contributed by atoms with E-state index in [0.717, 1.165) is 55.1 Å². The summed E-state index contributed by atoms with van der Waals surface area (Å²) in [5.74, 6) is 0.950. The van der Waals surface area contributed by atoms with Crippen LogP contribution >= 0.6 is 23.2 Å². The Labute approximate surface area is 180 Å². The number of halogens is 2. The zero-order valence-electron chi connectivity index (χ0n) is 16.4. The first-order chi connectivity index (χ1) is 14.0. The summed E-state index contributed by atoms with van der Waals surface area (Å²) in [6, 6.07) is 13.7. The Bertz CT molecular complexity index is 1010. The Morgan fingerprint density at radius 1 is 1.03 bits per heavy atom. The van der Waals surface area contributed by atoms with Crippen LogP contribution in [0.25, 0.3) is 11.0 Å². The van der Waals surface area contributed by atoms with Crippen molar-refractivity contribution >= 4 is 40.1 Å². The third kappa shape index (κ3) is 4.42. The summed E-state index contributed by atoms with van der Waals surface area (Å²) in [4.78, 5) is 22.1. The number of hydrogen-bond donors (Lipinski definition) is 0. The van der Waals surface area contributed by atoms with Crippen LogP contribution in [0, 0.1) is 0 Å². The smallest absolute Gasteiger partial charge is 0.242 e. The topological polar surface area (TPSA) is 41.4 Å². The molecule has 0 radical (unpaired) electrons. The van der Waals surface area contributed by atoms with Crippen LogP contribution < -0.4 is 0 Å². The lowest BCUT2D eigenvalue weighted by Gasteiger charge is -2.34.